The Morgan fingerprint density at radius 1 is 0.905 bits per heavy atom. The summed E-state index contributed by atoms with van der Waals surface area (Å²) >= 11 is 0. The zero-order valence-electron chi connectivity index (χ0n) is 11.8. The van der Waals surface area contributed by atoms with Gasteiger partial charge in [-0.05, 0) is 31.4 Å². The van der Waals surface area contributed by atoms with E-state index in [1.807, 2.05) is 47.0 Å². The SMILES string of the molecule is CC1=C(C)C(=O)c2c(cc3c4ccccc4ccn23)C1=O. The number of fused-ring (bicyclic) bond motifs is 5. The molecule has 3 nitrogen and oxygen atoms in total. The molecule has 1 aliphatic carbocycles. The van der Waals surface area contributed by atoms with Gasteiger partial charge in [-0.3, -0.25) is 9.59 Å². The zero-order chi connectivity index (χ0) is 14.7. The Morgan fingerprint density at radius 3 is 2.43 bits per heavy atom. The molecule has 1 aliphatic rings. The molecule has 2 heterocycles. The second-order valence-electron chi connectivity index (χ2n) is 5.47. The summed E-state index contributed by atoms with van der Waals surface area (Å²) in [7, 11) is 0. The van der Waals surface area contributed by atoms with Crippen molar-refractivity contribution in [3.05, 3.63) is 65.0 Å². The third-order valence-electron chi connectivity index (χ3n) is 4.38. The lowest BCUT2D eigenvalue weighted by atomic mass is 9.90. The lowest BCUT2D eigenvalue weighted by Crippen LogP contribution is -2.19. The van der Waals surface area contributed by atoms with Crippen molar-refractivity contribution in [3.63, 3.8) is 0 Å². The van der Waals surface area contributed by atoms with Crippen LogP contribution in [0.15, 0.2) is 53.7 Å². The van der Waals surface area contributed by atoms with Crippen LogP contribution in [-0.2, 0) is 0 Å². The van der Waals surface area contributed by atoms with E-state index in [0.717, 1.165) is 16.3 Å². The summed E-state index contributed by atoms with van der Waals surface area (Å²) in [6.07, 6.45) is 1.87. The molecule has 4 rings (SSSR count). The normalized spacial score (nSPS) is 15.1. The molecule has 0 bridgehead atoms. The number of hydrogen-bond donors (Lipinski definition) is 0. The fourth-order valence-electron chi connectivity index (χ4n) is 3.04. The molecule has 0 N–H and O–H groups in total. The maximum atomic E-state index is 12.6. The van der Waals surface area contributed by atoms with E-state index in [-0.39, 0.29) is 11.6 Å². The van der Waals surface area contributed by atoms with E-state index in [2.05, 4.69) is 0 Å². The predicted molar refractivity (Wildman–Crippen MR) is 81.9 cm³/mol. The van der Waals surface area contributed by atoms with Gasteiger partial charge in [0.15, 0.2) is 5.78 Å². The fourth-order valence-corrected chi connectivity index (χ4v) is 3.04. The van der Waals surface area contributed by atoms with E-state index in [1.54, 1.807) is 13.8 Å². The molecule has 0 unspecified atom stereocenters. The molecule has 21 heavy (non-hydrogen) atoms. The van der Waals surface area contributed by atoms with Crippen molar-refractivity contribution >= 4 is 27.9 Å². The largest absolute Gasteiger partial charge is 0.312 e. The second-order valence-corrected chi connectivity index (χ2v) is 5.47. The molecule has 0 amide bonds. The van der Waals surface area contributed by atoms with Gasteiger partial charge in [-0.2, -0.15) is 0 Å². The van der Waals surface area contributed by atoms with Gasteiger partial charge in [0.1, 0.15) is 5.69 Å². The summed E-state index contributed by atoms with van der Waals surface area (Å²) < 4.78 is 1.84. The van der Waals surface area contributed by atoms with Gasteiger partial charge in [-0.25, -0.2) is 0 Å². The van der Waals surface area contributed by atoms with E-state index >= 15 is 0 Å². The number of hydrogen-bond acceptors (Lipinski definition) is 2. The third-order valence-corrected chi connectivity index (χ3v) is 4.38. The minimum Gasteiger partial charge on any atom is -0.312 e. The van der Waals surface area contributed by atoms with Gasteiger partial charge >= 0.3 is 0 Å². The fraction of sp³-hybridized carbons (Fsp3) is 0.111. The van der Waals surface area contributed by atoms with Crippen LogP contribution >= 0.6 is 0 Å². The maximum Gasteiger partial charge on any atom is 0.206 e. The van der Waals surface area contributed by atoms with Gasteiger partial charge in [0, 0.05) is 22.7 Å². The van der Waals surface area contributed by atoms with Crippen LogP contribution in [0.1, 0.15) is 34.7 Å². The van der Waals surface area contributed by atoms with Crippen LogP contribution < -0.4 is 0 Å². The Balaban J connectivity index is 2.18. The summed E-state index contributed by atoms with van der Waals surface area (Å²) in [6.45, 7) is 3.44. The highest BCUT2D eigenvalue weighted by atomic mass is 16.1. The van der Waals surface area contributed by atoms with Crippen molar-refractivity contribution in [2.75, 3.05) is 0 Å². The molecule has 0 saturated heterocycles. The number of carbonyl (C=O) groups is 2. The first-order valence-corrected chi connectivity index (χ1v) is 6.89. The highest BCUT2D eigenvalue weighted by Gasteiger charge is 2.31. The number of benzene rings is 1. The van der Waals surface area contributed by atoms with Gasteiger partial charge in [0.05, 0.1) is 11.1 Å². The third kappa shape index (κ3) is 1.43. The number of allylic oxidation sites excluding steroid dienone is 2. The quantitative estimate of drug-likeness (QED) is 0.625. The van der Waals surface area contributed by atoms with Gasteiger partial charge in [-0.15, -0.1) is 0 Å². The number of pyridine rings is 1. The topological polar surface area (TPSA) is 38.5 Å². The average Bonchev–Trinajstić information content (AvgIpc) is 2.91. The Morgan fingerprint density at radius 2 is 1.62 bits per heavy atom. The van der Waals surface area contributed by atoms with E-state index in [9.17, 15) is 9.59 Å². The molecule has 0 fully saturated rings. The second kappa shape index (κ2) is 3.92. The van der Waals surface area contributed by atoms with Crippen molar-refractivity contribution in [3.8, 4) is 0 Å². The summed E-state index contributed by atoms with van der Waals surface area (Å²) in [4.78, 5) is 25.0. The number of carbonyl (C=O) groups excluding carboxylic acids is 2. The van der Waals surface area contributed by atoms with Gasteiger partial charge < -0.3 is 4.40 Å². The van der Waals surface area contributed by atoms with Crippen LogP contribution in [0.2, 0.25) is 0 Å². The van der Waals surface area contributed by atoms with E-state index in [4.69, 9.17) is 0 Å². The molecule has 0 spiro atoms. The standard InChI is InChI=1S/C18H13NO2/c1-10-11(2)18(21)16-14(17(10)20)9-15-13-6-4-3-5-12(13)7-8-19(15)16/h3-9H,1-2H3. The molecule has 3 aromatic rings. The number of rotatable bonds is 0. The van der Waals surface area contributed by atoms with Crippen molar-refractivity contribution in [2.45, 2.75) is 13.8 Å². The molecule has 0 radical (unpaired) electrons. The first-order chi connectivity index (χ1) is 10.1. The Labute approximate surface area is 121 Å². The van der Waals surface area contributed by atoms with Crippen LogP contribution in [-0.4, -0.2) is 16.0 Å². The molecule has 0 atom stereocenters. The first-order valence-electron chi connectivity index (χ1n) is 6.89. The lowest BCUT2D eigenvalue weighted by Gasteiger charge is -2.14. The molecular formula is C18H13NO2. The first kappa shape index (κ1) is 12.1. The van der Waals surface area contributed by atoms with Crippen LogP contribution in [0, 0.1) is 0 Å². The van der Waals surface area contributed by atoms with E-state index in [0.29, 0.717) is 22.4 Å². The van der Waals surface area contributed by atoms with Gasteiger partial charge in [-0.1, -0.05) is 24.3 Å². The number of aromatic nitrogens is 1. The Hall–Kier alpha value is -2.68. The van der Waals surface area contributed by atoms with E-state index < -0.39 is 0 Å². The van der Waals surface area contributed by atoms with Gasteiger partial charge in [0.25, 0.3) is 0 Å². The highest BCUT2D eigenvalue weighted by Crippen LogP contribution is 2.31. The number of ketones is 2. The monoisotopic (exact) mass is 275 g/mol. The van der Waals surface area contributed by atoms with Crippen molar-refractivity contribution < 1.29 is 9.59 Å². The van der Waals surface area contributed by atoms with E-state index in [1.165, 1.54) is 0 Å². The molecule has 1 aromatic carbocycles. The molecule has 3 heteroatoms. The smallest absolute Gasteiger partial charge is 0.206 e. The van der Waals surface area contributed by atoms with Crippen LogP contribution in [0.3, 0.4) is 0 Å². The minimum atomic E-state index is -0.0580. The predicted octanol–water partition coefficient (Wildman–Crippen LogP) is 3.81. The summed E-state index contributed by atoms with van der Waals surface area (Å²) in [5, 5.41) is 2.14. The maximum absolute atomic E-state index is 12.6. The summed E-state index contributed by atoms with van der Waals surface area (Å²) in [5.74, 6) is -0.104. The highest BCUT2D eigenvalue weighted by molar-refractivity contribution is 6.27. The number of Topliss-reactive ketones (excluding diaryl/α,β-unsaturated/α-hetero) is 2. The minimum absolute atomic E-state index is 0.0464. The zero-order valence-corrected chi connectivity index (χ0v) is 11.8. The Kier molecular flexibility index (Phi) is 2.25. The average molecular weight is 275 g/mol. The Bertz CT molecular complexity index is 989. The van der Waals surface area contributed by atoms with Gasteiger partial charge in [0.2, 0.25) is 5.78 Å². The number of nitrogens with zero attached hydrogens (tertiary/aromatic N) is 1. The van der Waals surface area contributed by atoms with Crippen molar-refractivity contribution in [1.82, 2.24) is 4.40 Å². The van der Waals surface area contributed by atoms with Crippen molar-refractivity contribution in [1.29, 1.82) is 0 Å². The lowest BCUT2D eigenvalue weighted by molar-refractivity contribution is 0.0971. The molecule has 102 valence electrons. The van der Waals surface area contributed by atoms with Crippen LogP contribution in [0.25, 0.3) is 16.3 Å². The van der Waals surface area contributed by atoms with Crippen LogP contribution in [0.5, 0.6) is 0 Å². The molecule has 0 saturated carbocycles. The summed E-state index contributed by atoms with van der Waals surface area (Å²) in [6, 6.07) is 11.8. The van der Waals surface area contributed by atoms with Crippen molar-refractivity contribution in [2.24, 2.45) is 0 Å². The molecule has 0 aliphatic heterocycles. The summed E-state index contributed by atoms with van der Waals surface area (Å²) in [5.41, 5.74) is 3.00. The molecular weight excluding hydrogens is 262 g/mol. The molecule has 2 aromatic heterocycles. The van der Waals surface area contributed by atoms with Crippen LogP contribution in [0.4, 0.5) is 0 Å².